The van der Waals surface area contributed by atoms with Crippen molar-refractivity contribution >= 4 is 23.1 Å². The van der Waals surface area contributed by atoms with Gasteiger partial charge in [-0.2, -0.15) is 0 Å². The molecule has 1 aliphatic carbocycles. The summed E-state index contributed by atoms with van der Waals surface area (Å²) in [4.78, 5) is 4.52. The molecule has 0 spiro atoms. The largest absolute Gasteiger partial charge is 0.317 e. The van der Waals surface area contributed by atoms with Gasteiger partial charge in [0.25, 0.3) is 0 Å². The summed E-state index contributed by atoms with van der Waals surface area (Å²) in [6.45, 7) is 2.07. The van der Waals surface area contributed by atoms with Crippen LogP contribution in [0.15, 0.2) is 9.72 Å². The first-order valence-corrected chi connectivity index (χ1v) is 7.30. The van der Waals surface area contributed by atoms with Gasteiger partial charge in [0.05, 0.1) is 0 Å². The van der Waals surface area contributed by atoms with Crippen LogP contribution in [0.25, 0.3) is 0 Å². The van der Waals surface area contributed by atoms with Gasteiger partial charge in [0.2, 0.25) is 0 Å². The lowest BCUT2D eigenvalue weighted by molar-refractivity contribution is 0.402. The van der Waals surface area contributed by atoms with Gasteiger partial charge < -0.3 is 5.32 Å². The lowest BCUT2D eigenvalue weighted by Gasteiger charge is -2.27. The van der Waals surface area contributed by atoms with Crippen molar-refractivity contribution in [1.29, 1.82) is 0 Å². The Hall–Kier alpha value is -0.0600. The van der Waals surface area contributed by atoms with E-state index in [-0.39, 0.29) is 0 Å². The Bertz CT molecular complexity index is 311. The Morgan fingerprint density at radius 3 is 3.07 bits per heavy atom. The lowest BCUT2D eigenvalue weighted by Crippen LogP contribution is -2.32. The smallest absolute Gasteiger partial charge is 0.150 e. The van der Waals surface area contributed by atoms with Crippen LogP contribution in [-0.4, -0.2) is 23.3 Å². The summed E-state index contributed by atoms with van der Waals surface area (Å²) >= 11 is 3.76. The van der Waals surface area contributed by atoms with Crippen LogP contribution in [0.2, 0.25) is 0 Å². The SMILES string of the molecule is CNC1CCCC(Sc2nc(C)cs2)C1. The number of nitrogens with one attached hydrogen (secondary N) is 1. The average Bonchev–Trinajstić information content (AvgIpc) is 2.64. The van der Waals surface area contributed by atoms with Gasteiger partial charge in [-0.15, -0.1) is 11.3 Å². The van der Waals surface area contributed by atoms with Crippen molar-refractivity contribution in [2.75, 3.05) is 7.05 Å². The zero-order valence-electron chi connectivity index (χ0n) is 9.32. The first-order valence-electron chi connectivity index (χ1n) is 5.54. The van der Waals surface area contributed by atoms with Gasteiger partial charge in [-0.3, -0.25) is 0 Å². The van der Waals surface area contributed by atoms with E-state index in [1.54, 1.807) is 11.3 Å². The molecule has 1 N–H and O–H groups in total. The van der Waals surface area contributed by atoms with E-state index in [1.807, 2.05) is 11.8 Å². The van der Waals surface area contributed by atoms with E-state index in [0.717, 1.165) is 17.0 Å². The molecule has 84 valence electrons. The highest BCUT2D eigenvalue weighted by Crippen LogP contribution is 2.35. The van der Waals surface area contributed by atoms with E-state index in [4.69, 9.17) is 0 Å². The van der Waals surface area contributed by atoms with Gasteiger partial charge in [-0.05, 0) is 33.2 Å². The molecule has 0 saturated heterocycles. The molecule has 0 amide bonds. The maximum atomic E-state index is 4.52. The molecule has 1 aliphatic rings. The molecule has 0 aliphatic heterocycles. The second-order valence-electron chi connectivity index (χ2n) is 4.15. The highest BCUT2D eigenvalue weighted by Gasteiger charge is 2.22. The molecular weight excluding hydrogens is 224 g/mol. The molecule has 1 aromatic heterocycles. The number of rotatable bonds is 3. The zero-order valence-corrected chi connectivity index (χ0v) is 11.0. The van der Waals surface area contributed by atoms with E-state index in [0.29, 0.717) is 0 Å². The molecule has 1 saturated carbocycles. The summed E-state index contributed by atoms with van der Waals surface area (Å²) in [6, 6.07) is 0.720. The fourth-order valence-corrected chi connectivity index (χ4v) is 4.43. The predicted octanol–water partition coefficient (Wildman–Crippen LogP) is 3.07. The number of aromatic nitrogens is 1. The maximum Gasteiger partial charge on any atom is 0.150 e. The van der Waals surface area contributed by atoms with Crippen molar-refractivity contribution in [2.24, 2.45) is 0 Å². The van der Waals surface area contributed by atoms with Crippen LogP contribution in [0.4, 0.5) is 0 Å². The van der Waals surface area contributed by atoms with E-state index < -0.39 is 0 Å². The third kappa shape index (κ3) is 3.20. The van der Waals surface area contributed by atoms with Crippen molar-refractivity contribution in [3.63, 3.8) is 0 Å². The number of thiazole rings is 1. The van der Waals surface area contributed by atoms with Crippen molar-refractivity contribution in [1.82, 2.24) is 10.3 Å². The van der Waals surface area contributed by atoms with Crippen molar-refractivity contribution in [2.45, 2.75) is 48.2 Å². The van der Waals surface area contributed by atoms with Crippen LogP contribution < -0.4 is 5.32 Å². The Kier molecular flexibility index (Phi) is 4.05. The van der Waals surface area contributed by atoms with E-state index >= 15 is 0 Å². The fraction of sp³-hybridized carbons (Fsp3) is 0.727. The third-order valence-electron chi connectivity index (χ3n) is 2.90. The van der Waals surface area contributed by atoms with Crippen molar-refractivity contribution in [3.05, 3.63) is 11.1 Å². The molecule has 1 fully saturated rings. The van der Waals surface area contributed by atoms with E-state index in [1.165, 1.54) is 30.0 Å². The van der Waals surface area contributed by atoms with Crippen LogP contribution in [-0.2, 0) is 0 Å². The molecule has 4 heteroatoms. The first-order chi connectivity index (χ1) is 7.28. The summed E-state index contributed by atoms with van der Waals surface area (Å²) in [5, 5.41) is 6.30. The van der Waals surface area contributed by atoms with Crippen LogP contribution in [0, 0.1) is 6.92 Å². The molecule has 1 aromatic rings. The second kappa shape index (κ2) is 5.32. The number of nitrogens with zero attached hydrogens (tertiary/aromatic N) is 1. The average molecular weight is 242 g/mol. The molecule has 2 rings (SSSR count). The minimum Gasteiger partial charge on any atom is -0.317 e. The summed E-state index contributed by atoms with van der Waals surface area (Å²) < 4.78 is 1.24. The van der Waals surface area contributed by atoms with Crippen LogP contribution in [0.5, 0.6) is 0 Å². The standard InChI is InChI=1S/C11H18N2S2/c1-8-7-14-11(13-8)15-10-5-3-4-9(6-10)12-2/h7,9-10,12H,3-6H2,1-2H3. The molecular formula is C11H18N2S2. The van der Waals surface area contributed by atoms with Crippen LogP contribution >= 0.6 is 23.1 Å². The summed E-state index contributed by atoms with van der Waals surface area (Å²) in [6.07, 6.45) is 5.33. The molecule has 1 heterocycles. The topological polar surface area (TPSA) is 24.9 Å². The molecule has 0 aromatic carbocycles. The van der Waals surface area contributed by atoms with Gasteiger partial charge in [-0.1, -0.05) is 18.2 Å². The van der Waals surface area contributed by atoms with Crippen molar-refractivity contribution < 1.29 is 0 Å². The number of hydrogen-bond acceptors (Lipinski definition) is 4. The molecule has 15 heavy (non-hydrogen) atoms. The van der Waals surface area contributed by atoms with E-state index in [2.05, 4.69) is 29.7 Å². The summed E-state index contributed by atoms with van der Waals surface area (Å²) in [5.74, 6) is 0. The minimum absolute atomic E-state index is 0.720. The summed E-state index contributed by atoms with van der Waals surface area (Å²) in [7, 11) is 2.07. The lowest BCUT2D eigenvalue weighted by atomic mass is 9.95. The first kappa shape index (κ1) is 11.4. The number of hydrogen-bond donors (Lipinski definition) is 1. The van der Waals surface area contributed by atoms with E-state index in [9.17, 15) is 0 Å². The molecule has 2 nitrogen and oxygen atoms in total. The minimum atomic E-state index is 0.720. The monoisotopic (exact) mass is 242 g/mol. The molecule has 2 atom stereocenters. The van der Waals surface area contributed by atoms with Crippen LogP contribution in [0.3, 0.4) is 0 Å². The fourth-order valence-electron chi connectivity index (χ4n) is 2.04. The predicted molar refractivity (Wildman–Crippen MR) is 67.8 cm³/mol. The zero-order chi connectivity index (χ0) is 10.7. The Morgan fingerprint density at radius 2 is 2.40 bits per heavy atom. The Labute approximate surface area is 99.9 Å². The quantitative estimate of drug-likeness (QED) is 0.882. The summed E-state index contributed by atoms with van der Waals surface area (Å²) in [5.41, 5.74) is 1.16. The third-order valence-corrected chi connectivity index (χ3v) is 5.28. The van der Waals surface area contributed by atoms with Gasteiger partial charge in [0.15, 0.2) is 0 Å². The van der Waals surface area contributed by atoms with Crippen LogP contribution in [0.1, 0.15) is 31.4 Å². The highest BCUT2D eigenvalue weighted by atomic mass is 32.2. The Morgan fingerprint density at radius 1 is 1.53 bits per heavy atom. The highest BCUT2D eigenvalue weighted by molar-refractivity contribution is 8.01. The van der Waals surface area contributed by atoms with Gasteiger partial charge in [-0.25, -0.2) is 4.98 Å². The van der Waals surface area contributed by atoms with Crippen molar-refractivity contribution in [3.8, 4) is 0 Å². The van der Waals surface area contributed by atoms with Gasteiger partial charge >= 0.3 is 0 Å². The maximum absolute atomic E-state index is 4.52. The number of thioether (sulfide) groups is 1. The Balaban J connectivity index is 1.88. The van der Waals surface area contributed by atoms with Gasteiger partial charge in [0, 0.05) is 22.4 Å². The molecule has 2 unspecified atom stereocenters. The molecule has 0 radical (unpaired) electrons. The number of aryl methyl sites for hydroxylation is 1. The van der Waals surface area contributed by atoms with Gasteiger partial charge in [0.1, 0.15) is 4.34 Å². The normalized spacial score (nSPS) is 26.8. The second-order valence-corrected chi connectivity index (χ2v) is 6.55. The molecule has 0 bridgehead atoms.